The minimum Gasteiger partial charge on any atom is -0.332 e. The zero-order valence-electron chi connectivity index (χ0n) is 9.41. The molecule has 0 aromatic heterocycles. The minimum atomic E-state index is 0.114. The van der Waals surface area contributed by atoms with Crippen LogP contribution in [0.4, 0.5) is 0 Å². The van der Waals surface area contributed by atoms with Crippen molar-refractivity contribution in [2.75, 3.05) is 19.6 Å². The lowest BCUT2D eigenvalue weighted by Crippen LogP contribution is -2.39. The molecule has 0 spiro atoms. The number of nitrogens with zero attached hydrogens (tertiary/aromatic N) is 1. The third kappa shape index (κ3) is 2.73. The first-order valence-electron chi connectivity index (χ1n) is 5.66. The Morgan fingerprint density at radius 3 is 2.87 bits per heavy atom. The molecule has 0 radical (unpaired) electrons. The fraction of sp³-hybridized carbons (Fsp3) is 0.750. The third-order valence-corrected chi connectivity index (χ3v) is 3.25. The molecule has 3 heteroatoms. The van der Waals surface area contributed by atoms with Crippen molar-refractivity contribution in [2.24, 2.45) is 17.6 Å². The molecule has 1 aliphatic carbocycles. The Morgan fingerprint density at radius 1 is 1.60 bits per heavy atom. The molecule has 15 heavy (non-hydrogen) atoms. The predicted octanol–water partition coefficient (Wildman–Crippen LogP) is 0.843. The number of amides is 1. The Bertz CT molecular complexity index is 257. The molecule has 2 N–H and O–H groups in total. The Labute approximate surface area is 92.0 Å². The van der Waals surface area contributed by atoms with Crippen molar-refractivity contribution in [3.8, 4) is 12.3 Å². The first-order chi connectivity index (χ1) is 7.24. The van der Waals surface area contributed by atoms with Crippen LogP contribution in [-0.4, -0.2) is 30.4 Å². The van der Waals surface area contributed by atoms with Gasteiger partial charge >= 0.3 is 0 Å². The van der Waals surface area contributed by atoms with E-state index in [0.29, 0.717) is 25.6 Å². The second-order valence-corrected chi connectivity index (χ2v) is 4.09. The van der Waals surface area contributed by atoms with Crippen molar-refractivity contribution in [1.29, 1.82) is 0 Å². The molecule has 84 valence electrons. The van der Waals surface area contributed by atoms with Crippen molar-refractivity contribution in [3.63, 3.8) is 0 Å². The smallest absolute Gasteiger partial charge is 0.226 e. The zero-order valence-corrected chi connectivity index (χ0v) is 9.41. The number of nitrogens with two attached hydrogens (primary N) is 1. The van der Waals surface area contributed by atoms with E-state index >= 15 is 0 Å². The molecule has 1 fully saturated rings. The highest BCUT2D eigenvalue weighted by molar-refractivity contribution is 5.79. The third-order valence-electron chi connectivity index (χ3n) is 3.25. The highest BCUT2D eigenvalue weighted by atomic mass is 16.2. The zero-order chi connectivity index (χ0) is 11.3. The van der Waals surface area contributed by atoms with E-state index in [4.69, 9.17) is 12.2 Å². The van der Waals surface area contributed by atoms with Crippen molar-refractivity contribution in [2.45, 2.75) is 26.2 Å². The van der Waals surface area contributed by atoms with E-state index in [1.807, 2.05) is 6.92 Å². The number of carbonyl (C=O) groups excluding carboxylic acids is 1. The summed E-state index contributed by atoms with van der Waals surface area (Å²) in [6.45, 7) is 3.69. The SMILES string of the molecule is C#CCN(CC)C(=O)C1CCCC1CN. The summed E-state index contributed by atoms with van der Waals surface area (Å²) in [5, 5.41) is 0. The van der Waals surface area contributed by atoms with Crippen LogP contribution < -0.4 is 5.73 Å². The molecule has 0 aromatic rings. The van der Waals surface area contributed by atoms with Gasteiger partial charge in [0.15, 0.2) is 0 Å². The van der Waals surface area contributed by atoms with Gasteiger partial charge in [0.1, 0.15) is 0 Å². The molecule has 3 nitrogen and oxygen atoms in total. The van der Waals surface area contributed by atoms with E-state index in [-0.39, 0.29) is 11.8 Å². The van der Waals surface area contributed by atoms with Crippen molar-refractivity contribution >= 4 is 5.91 Å². The maximum atomic E-state index is 12.1. The van der Waals surface area contributed by atoms with Gasteiger partial charge in [-0.2, -0.15) is 0 Å². The maximum Gasteiger partial charge on any atom is 0.226 e. The molecule has 0 aliphatic heterocycles. The van der Waals surface area contributed by atoms with Crippen LogP contribution in [-0.2, 0) is 4.79 Å². The molecule has 0 heterocycles. The van der Waals surface area contributed by atoms with Gasteiger partial charge in [-0.3, -0.25) is 4.79 Å². The van der Waals surface area contributed by atoms with E-state index in [0.717, 1.165) is 19.3 Å². The Kier molecular flexibility index (Phi) is 4.64. The first-order valence-corrected chi connectivity index (χ1v) is 5.66. The number of rotatable bonds is 4. The Hall–Kier alpha value is -1.01. The van der Waals surface area contributed by atoms with Crippen LogP contribution in [0.3, 0.4) is 0 Å². The quantitative estimate of drug-likeness (QED) is 0.696. The summed E-state index contributed by atoms with van der Waals surface area (Å²) in [6, 6.07) is 0. The maximum absolute atomic E-state index is 12.1. The van der Waals surface area contributed by atoms with Gasteiger partial charge < -0.3 is 10.6 Å². The molecule has 1 rings (SSSR count). The largest absolute Gasteiger partial charge is 0.332 e. The lowest BCUT2D eigenvalue weighted by atomic mass is 9.95. The lowest BCUT2D eigenvalue weighted by molar-refractivity contribution is -0.135. The van der Waals surface area contributed by atoms with E-state index in [1.54, 1.807) is 4.90 Å². The fourth-order valence-corrected chi connectivity index (χ4v) is 2.33. The summed E-state index contributed by atoms with van der Waals surface area (Å²) in [6.07, 6.45) is 8.41. The molecule has 1 amide bonds. The predicted molar refractivity (Wildman–Crippen MR) is 61.0 cm³/mol. The van der Waals surface area contributed by atoms with Crippen LogP contribution in [0, 0.1) is 24.2 Å². The topological polar surface area (TPSA) is 46.3 Å². The van der Waals surface area contributed by atoms with E-state index in [9.17, 15) is 4.79 Å². The van der Waals surface area contributed by atoms with Gasteiger partial charge in [0.25, 0.3) is 0 Å². The number of hydrogen-bond donors (Lipinski definition) is 1. The van der Waals surface area contributed by atoms with Crippen LogP contribution in [0.15, 0.2) is 0 Å². The van der Waals surface area contributed by atoms with Crippen LogP contribution in [0.25, 0.3) is 0 Å². The van der Waals surface area contributed by atoms with Gasteiger partial charge in [-0.1, -0.05) is 12.3 Å². The monoisotopic (exact) mass is 208 g/mol. The van der Waals surface area contributed by atoms with E-state index in [2.05, 4.69) is 5.92 Å². The second kappa shape index (κ2) is 5.77. The van der Waals surface area contributed by atoms with Gasteiger partial charge in [-0.05, 0) is 32.2 Å². The lowest BCUT2D eigenvalue weighted by Gasteiger charge is -2.25. The normalized spacial score (nSPS) is 24.9. The van der Waals surface area contributed by atoms with Crippen LogP contribution in [0.2, 0.25) is 0 Å². The van der Waals surface area contributed by atoms with Gasteiger partial charge in [0.2, 0.25) is 5.91 Å². The van der Waals surface area contributed by atoms with Crippen LogP contribution in [0.1, 0.15) is 26.2 Å². The van der Waals surface area contributed by atoms with E-state index < -0.39 is 0 Å². The van der Waals surface area contributed by atoms with Gasteiger partial charge in [0, 0.05) is 12.5 Å². The summed E-state index contributed by atoms with van der Waals surface area (Å²) in [4.78, 5) is 13.9. The van der Waals surface area contributed by atoms with Crippen LogP contribution in [0.5, 0.6) is 0 Å². The van der Waals surface area contributed by atoms with Crippen LogP contribution >= 0.6 is 0 Å². The average Bonchev–Trinajstić information content (AvgIpc) is 2.72. The fourth-order valence-electron chi connectivity index (χ4n) is 2.33. The number of carbonyl (C=O) groups is 1. The van der Waals surface area contributed by atoms with Crippen molar-refractivity contribution in [3.05, 3.63) is 0 Å². The standard InChI is InChI=1S/C12H20N2O/c1-3-8-14(4-2)12(15)11-7-5-6-10(11)9-13/h1,10-11H,4-9,13H2,2H3. The van der Waals surface area contributed by atoms with Crippen molar-refractivity contribution in [1.82, 2.24) is 4.90 Å². The highest BCUT2D eigenvalue weighted by Crippen LogP contribution is 2.32. The Balaban J connectivity index is 2.61. The molecule has 2 atom stereocenters. The minimum absolute atomic E-state index is 0.114. The molecule has 0 bridgehead atoms. The number of terminal acetylenes is 1. The Morgan fingerprint density at radius 2 is 2.33 bits per heavy atom. The summed E-state index contributed by atoms with van der Waals surface area (Å²) in [5.74, 6) is 3.21. The molecule has 0 saturated heterocycles. The average molecular weight is 208 g/mol. The summed E-state index contributed by atoms with van der Waals surface area (Å²) in [7, 11) is 0. The van der Waals surface area contributed by atoms with Gasteiger partial charge in [-0.15, -0.1) is 6.42 Å². The summed E-state index contributed by atoms with van der Waals surface area (Å²) < 4.78 is 0. The summed E-state index contributed by atoms with van der Waals surface area (Å²) >= 11 is 0. The van der Waals surface area contributed by atoms with Crippen molar-refractivity contribution < 1.29 is 4.79 Å². The number of hydrogen-bond acceptors (Lipinski definition) is 2. The molecule has 1 saturated carbocycles. The molecule has 2 unspecified atom stereocenters. The second-order valence-electron chi connectivity index (χ2n) is 4.09. The molecule has 1 aliphatic rings. The molecular formula is C12H20N2O. The summed E-state index contributed by atoms with van der Waals surface area (Å²) in [5.41, 5.74) is 5.67. The molecule has 0 aromatic carbocycles. The van der Waals surface area contributed by atoms with E-state index in [1.165, 1.54) is 0 Å². The van der Waals surface area contributed by atoms with Gasteiger partial charge in [0.05, 0.1) is 6.54 Å². The molecular weight excluding hydrogens is 188 g/mol. The highest BCUT2D eigenvalue weighted by Gasteiger charge is 2.33. The van der Waals surface area contributed by atoms with Gasteiger partial charge in [-0.25, -0.2) is 0 Å². The first kappa shape index (κ1) is 12.1.